The molecule has 0 N–H and O–H groups in total. The van der Waals surface area contributed by atoms with Gasteiger partial charge in [0.2, 0.25) is 0 Å². The lowest BCUT2D eigenvalue weighted by Crippen LogP contribution is -2.29. The average molecular weight is 422 g/mol. The molecule has 0 saturated carbocycles. The van der Waals surface area contributed by atoms with Crippen LogP contribution in [0.2, 0.25) is 0 Å². The second-order valence-corrected chi connectivity index (χ2v) is 8.87. The molecule has 0 amide bonds. The van der Waals surface area contributed by atoms with Crippen LogP contribution in [0, 0.1) is 0 Å². The number of likely N-dealkylation sites (tertiary alicyclic amines) is 1. The van der Waals surface area contributed by atoms with Crippen molar-refractivity contribution in [2.24, 2.45) is 0 Å². The van der Waals surface area contributed by atoms with Crippen molar-refractivity contribution in [1.82, 2.24) is 4.90 Å². The van der Waals surface area contributed by atoms with Gasteiger partial charge in [-0.1, -0.05) is 43.2 Å². The van der Waals surface area contributed by atoms with E-state index in [0.29, 0.717) is 0 Å². The Bertz CT molecular complexity index is 866. The molecule has 158 valence electrons. The highest BCUT2D eigenvalue weighted by Gasteiger charge is 2.18. The van der Waals surface area contributed by atoms with Gasteiger partial charge in [0.25, 0.3) is 0 Å². The SMILES string of the molecule is COc1ccc([C@@H](c2ccc(OCCN3CCCCCC3)cc2)c2cccs2)cc1. The Morgan fingerprint density at radius 1 is 0.833 bits per heavy atom. The van der Waals surface area contributed by atoms with Gasteiger partial charge in [0.15, 0.2) is 0 Å². The molecule has 1 atom stereocenters. The molecule has 2 aromatic carbocycles. The molecule has 1 saturated heterocycles. The van der Waals surface area contributed by atoms with Crippen molar-refractivity contribution < 1.29 is 9.47 Å². The van der Waals surface area contributed by atoms with Crippen molar-refractivity contribution in [1.29, 1.82) is 0 Å². The van der Waals surface area contributed by atoms with Crippen LogP contribution in [0.25, 0.3) is 0 Å². The molecule has 2 heterocycles. The van der Waals surface area contributed by atoms with Gasteiger partial charge in [-0.25, -0.2) is 0 Å². The third-order valence-electron chi connectivity index (χ3n) is 5.87. The van der Waals surface area contributed by atoms with Crippen LogP contribution < -0.4 is 9.47 Å². The Kier molecular flexibility index (Phi) is 7.44. The van der Waals surface area contributed by atoms with E-state index in [0.717, 1.165) is 24.7 Å². The molecule has 0 radical (unpaired) electrons. The highest BCUT2D eigenvalue weighted by molar-refractivity contribution is 7.10. The standard InChI is InChI=1S/C26H31NO2S/c1-28-23-12-8-21(9-13-23)26(25-7-6-20-30-25)22-10-14-24(15-11-22)29-19-18-27-16-4-2-3-5-17-27/h6-15,20,26H,2-5,16-19H2,1H3/t26-/m0/s1. The van der Waals surface area contributed by atoms with E-state index in [2.05, 4.69) is 58.8 Å². The minimum atomic E-state index is 0.224. The zero-order valence-electron chi connectivity index (χ0n) is 17.8. The summed E-state index contributed by atoms with van der Waals surface area (Å²) in [4.78, 5) is 3.88. The van der Waals surface area contributed by atoms with E-state index in [1.54, 1.807) is 18.4 Å². The zero-order chi connectivity index (χ0) is 20.6. The summed E-state index contributed by atoms with van der Waals surface area (Å²) in [6, 6.07) is 21.4. The molecule has 0 aliphatic carbocycles. The maximum absolute atomic E-state index is 6.06. The Morgan fingerprint density at radius 2 is 1.47 bits per heavy atom. The molecule has 1 fully saturated rings. The monoisotopic (exact) mass is 421 g/mol. The fourth-order valence-electron chi connectivity index (χ4n) is 4.18. The summed E-state index contributed by atoms with van der Waals surface area (Å²) in [5.41, 5.74) is 2.55. The summed E-state index contributed by atoms with van der Waals surface area (Å²) in [7, 11) is 1.71. The number of rotatable bonds is 8. The van der Waals surface area contributed by atoms with Gasteiger partial charge >= 0.3 is 0 Å². The second-order valence-electron chi connectivity index (χ2n) is 7.89. The summed E-state index contributed by atoms with van der Waals surface area (Å²) in [5.74, 6) is 2.06. The zero-order valence-corrected chi connectivity index (χ0v) is 18.6. The Balaban J connectivity index is 1.43. The van der Waals surface area contributed by atoms with Crippen LogP contribution in [0.5, 0.6) is 11.5 Å². The van der Waals surface area contributed by atoms with E-state index in [-0.39, 0.29) is 5.92 Å². The van der Waals surface area contributed by atoms with Crippen molar-refractivity contribution in [3.8, 4) is 11.5 Å². The van der Waals surface area contributed by atoms with Gasteiger partial charge in [-0.15, -0.1) is 11.3 Å². The van der Waals surface area contributed by atoms with Gasteiger partial charge in [0.05, 0.1) is 7.11 Å². The molecule has 0 unspecified atom stereocenters. The molecule has 30 heavy (non-hydrogen) atoms. The van der Waals surface area contributed by atoms with Crippen molar-refractivity contribution in [2.45, 2.75) is 31.6 Å². The van der Waals surface area contributed by atoms with E-state index < -0.39 is 0 Å². The number of nitrogens with zero attached hydrogens (tertiary/aromatic N) is 1. The molecular weight excluding hydrogens is 390 g/mol. The van der Waals surface area contributed by atoms with E-state index in [4.69, 9.17) is 9.47 Å². The highest BCUT2D eigenvalue weighted by atomic mass is 32.1. The van der Waals surface area contributed by atoms with Crippen molar-refractivity contribution in [3.63, 3.8) is 0 Å². The molecule has 1 aliphatic heterocycles. The Morgan fingerprint density at radius 3 is 2.03 bits per heavy atom. The van der Waals surface area contributed by atoms with Gasteiger partial charge < -0.3 is 9.47 Å². The largest absolute Gasteiger partial charge is 0.497 e. The van der Waals surface area contributed by atoms with Crippen molar-refractivity contribution in [2.75, 3.05) is 33.4 Å². The minimum absolute atomic E-state index is 0.224. The summed E-state index contributed by atoms with van der Waals surface area (Å²) < 4.78 is 11.4. The molecule has 3 nitrogen and oxygen atoms in total. The van der Waals surface area contributed by atoms with Gasteiger partial charge in [-0.3, -0.25) is 4.90 Å². The predicted octanol–water partition coefficient (Wildman–Crippen LogP) is 6.19. The molecule has 0 bridgehead atoms. The first-order chi connectivity index (χ1) is 14.8. The number of ether oxygens (including phenoxy) is 2. The fraction of sp³-hybridized carbons (Fsp3) is 0.385. The average Bonchev–Trinajstić information content (AvgIpc) is 3.19. The van der Waals surface area contributed by atoms with E-state index in [1.165, 1.54) is 54.8 Å². The smallest absolute Gasteiger partial charge is 0.119 e. The lowest BCUT2D eigenvalue weighted by atomic mass is 9.90. The summed E-state index contributed by atoms with van der Waals surface area (Å²) in [6.45, 7) is 4.21. The fourth-order valence-corrected chi connectivity index (χ4v) is 5.06. The van der Waals surface area contributed by atoms with Gasteiger partial charge in [-0.2, -0.15) is 0 Å². The van der Waals surface area contributed by atoms with Crippen LogP contribution in [-0.4, -0.2) is 38.3 Å². The first-order valence-corrected chi connectivity index (χ1v) is 11.8. The lowest BCUT2D eigenvalue weighted by Gasteiger charge is -2.20. The van der Waals surface area contributed by atoms with Crippen LogP contribution in [-0.2, 0) is 0 Å². The topological polar surface area (TPSA) is 21.7 Å². The van der Waals surface area contributed by atoms with Crippen LogP contribution in [0.15, 0.2) is 66.0 Å². The number of hydrogen-bond acceptors (Lipinski definition) is 4. The molecular formula is C26H31NO2S. The van der Waals surface area contributed by atoms with E-state index in [9.17, 15) is 0 Å². The van der Waals surface area contributed by atoms with Crippen molar-refractivity contribution >= 4 is 11.3 Å². The Hall–Kier alpha value is -2.30. The predicted molar refractivity (Wildman–Crippen MR) is 125 cm³/mol. The van der Waals surface area contributed by atoms with Gasteiger partial charge in [0.1, 0.15) is 18.1 Å². The summed E-state index contributed by atoms with van der Waals surface area (Å²) in [5, 5.41) is 2.15. The summed E-state index contributed by atoms with van der Waals surface area (Å²) >= 11 is 1.80. The molecule has 1 aromatic heterocycles. The van der Waals surface area contributed by atoms with Gasteiger partial charge in [-0.05, 0) is 72.8 Å². The molecule has 1 aliphatic rings. The number of hydrogen-bond donors (Lipinski definition) is 0. The quantitative estimate of drug-likeness (QED) is 0.433. The van der Waals surface area contributed by atoms with Crippen LogP contribution >= 0.6 is 11.3 Å². The van der Waals surface area contributed by atoms with Crippen LogP contribution in [0.1, 0.15) is 47.6 Å². The van der Waals surface area contributed by atoms with Crippen molar-refractivity contribution in [3.05, 3.63) is 82.0 Å². The van der Waals surface area contributed by atoms with E-state index in [1.807, 2.05) is 12.1 Å². The Labute approximate surface area is 184 Å². The number of thiophene rings is 1. The maximum Gasteiger partial charge on any atom is 0.119 e. The highest BCUT2D eigenvalue weighted by Crippen LogP contribution is 2.36. The lowest BCUT2D eigenvalue weighted by molar-refractivity contribution is 0.214. The molecule has 4 rings (SSSR count). The molecule has 3 aromatic rings. The van der Waals surface area contributed by atoms with E-state index >= 15 is 0 Å². The van der Waals surface area contributed by atoms with Crippen LogP contribution in [0.4, 0.5) is 0 Å². The minimum Gasteiger partial charge on any atom is -0.497 e. The summed E-state index contributed by atoms with van der Waals surface area (Å²) in [6.07, 6.45) is 5.39. The van der Waals surface area contributed by atoms with Crippen LogP contribution in [0.3, 0.4) is 0 Å². The first-order valence-electron chi connectivity index (χ1n) is 11.0. The molecule has 0 spiro atoms. The third kappa shape index (κ3) is 5.44. The second kappa shape index (κ2) is 10.6. The third-order valence-corrected chi connectivity index (χ3v) is 6.80. The number of benzene rings is 2. The maximum atomic E-state index is 6.06. The molecule has 4 heteroatoms. The van der Waals surface area contributed by atoms with Gasteiger partial charge in [0, 0.05) is 17.3 Å². The first kappa shape index (κ1) is 21.0. The number of methoxy groups -OCH3 is 1. The normalized spacial score (nSPS) is 16.0.